The summed E-state index contributed by atoms with van der Waals surface area (Å²) in [6.45, 7) is 0.273. The van der Waals surface area contributed by atoms with E-state index in [1.165, 1.54) is 17.2 Å². The Hall–Kier alpha value is -1.26. The maximum absolute atomic E-state index is 12.4. The number of halogens is 3. The van der Waals surface area contributed by atoms with Gasteiger partial charge in [0.25, 0.3) is 0 Å². The molecule has 0 heterocycles. The highest BCUT2D eigenvalue weighted by molar-refractivity contribution is 6.44. The maximum Gasteiger partial charge on any atom is 0.238 e. The fourth-order valence-corrected chi connectivity index (χ4v) is 3.73. The molecule has 0 fully saturated rings. The number of aryl methyl sites for hydroxylation is 1. The van der Waals surface area contributed by atoms with Crippen molar-refractivity contribution in [3.8, 4) is 0 Å². The molecule has 0 aliphatic heterocycles. The number of benzene rings is 2. The number of nitrogens with one attached hydrogen (secondary N) is 1. The summed E-state index contributed by atoms with van der Waals surface area (Å²) in [5, 5.41) is 3.88. The van der Waals surface area contributed by atoms with Gasteiger partial charge in [0.05, 0.1) is 27.3 Å². The third-order valence-electron chi connectivity index (χ3n) is 4.31. The van der Waals surface area contributed by atoms with Crippen LogP contribution in [0.5, 0.6) is 0 Å². The highest BCUT2D eigenvalue weighted by atomic mass is 35.5. The molecule has 0 bridgehead atoms. The molecule has 0 unspecified atom stereocenters. The topological polar surface area (TPSA) is 32.3 Å². The van der Waals surface area contributed by atoms with E-state index >= 15 is 0 Å². The van der Waals surface area contributed by atoms with Crippen molar-refractivity contribution >= 4 is 46.4 Å². The maximum atomic E-state index is 12.4. The van der Waals surface area contributed by atoms with Crippen molar-refractivity contribution in [2.24, 2.45) is 0 Å². The first kappa shape index (κ1) is 17.6. The Bertz CT molecular complexity index is 779. The highest BCUT2D eigenvalue weighted by Crippen LogP contribution is 2.35. The Morgan fingerprint density at radius 1 is 1.17 bits per heavy atom. The van der Waals surface area contributed by atoms with Crippen LogP contribution in [0.1, 0.15) is 23.6 Å². The fourth-order valence-electron chi connectivity index (χ4n) is 3.14. The molecule has 1 N–H and O–H groups in total. The van der Waals surface area contributed by atoms with Gasteiger partial charge in [-0.25, -0.2) is 0 Å². The number of likely N-dealkylation sites (N-methyl/N-ethyl adjacent to an activating group) is 1. The molecule has 1 atom stereocenters. The van der Waals surface area contributed by atoms with E-state index in [9.17, 15) is 4.79 Å². The average Bonchev–Trinajstić information content (AvgIpc) is 2.96. The molecule has 0 saturated carbocycles. The summed E-state index contributed by atoms with van der Waals surface area (Å²) in [4.78, 5) is 14.4. The lowest BCUT2D eigenvalue weighted by Gasteiger charge is -2.24. The van der Waals surface area contributed by atoms with Gasteiger partial charge in [-0.15, -0.1) is 0 Å². The second-order valence-electron chi connectivity index (χ2n) is 5.96. The van der Waals surface area contributed by atoms with E-state index in [4.69, 9.17) is 34.8 Å². The largest absolute Gasteiger partial charge is 0.324 e. The quantitative estimate of drug-likeness (QED) is 0.736. The molecular weight excluding hydrogens is 367 g/mol. The number of hydrogen-bond acceptors (Lipinski definition) is 2. The van der Waals surface area contributed by atoms with Crippen molar-refractivity contribution in [1.29, 1.82) is 0 Å². The van der Waals surface area contributed by atoms with E-state index in [1.807, 2.05) is 13.1 Å². The molecule has 2 aromatic carbocycles. The van der Waals surface area contributed by atoms with Gasteiger partial charge in [0.1, 0.15) is 0 Å². The highest BCUT2D eigenvalue weighted by Gasteiger charge is 2.26. The molecule has 0 radical (unpaired) electrons. The lowest BCUT2D eigenvalue weighted by Crippen LogP contribution is -2.32. The van der Waals surface area contributed by atoms with Crippen LogP contribution in [0.3, 0.4) is 0 Å². The number of nitrogens with zero attached hydrogens (tertiary/aromatic N) is 1. The third kappa shape index (κ3) is 3.70. The van der Waals surface area contributed by atoms with Crippen LogP contribution < -0.4 is 5.32 Å². The lowest BCUT2D eigenvalue weighted by molar-refractivity contribution is -0.117. The molecule has 2 aromatic rings. The van der Waals surface area contributed by atoms with Crippen LogP contribution in [0, 0.1) is 0 Å². The summed E-state index contributed by atoms with van der Waals surface area (Å²) in [6.07, 6.45) is 2.07. The molecule has 1 amide bonds. The molecule has 1 aliphatic rings. The van der Waals surface area contributed by atoms with E-state index < -0.39 is 0 Å². The molecule has 126 valence electrons. The number of carbonyl (C=O) groups is 1. The van der Waals surface area contributed by atoms with E-state index in [1.54, 1.807) is 6.07 Å². The van der Waals surface area contributed by atoms with Crippen molar-refractivity contribution in [3.05, 3.63) is 62.6 Å². The predicted molar refractivity (Wildman–Crippen MR) is 100 cm³/mol. The van der Waals surface area contributed by atoms with Gasteiger partial charge in [0.2, 0.25) is 5.91 Å². The summed E-state index contributed by atoms with van der Waals surface area (Å²) >= 11 is 18.0. The molecule has 1 aliphatic carbocycles. The van der Waals surface area contributed by atoms with Gasteiger partial charge in [0, 0.05) is 6.04 Å². The number of rotatable bonds is 4. The van der Waals surface area contributed by atoms with Gasteiger partial charge >= 0.3 is 0 Å². The van der Waals surface area contributed by atoms with E-state index in [2.05, 4.69) is 28.4 Å². The summed E-state index contributed by atoms with van der Waals surface area (Å²) < 4.78 is 0. The van der Waals surface area contributed by atoms with Gasteiger partial charge in [0.15, 0.2) is 0 Å². The van der Waals surface area contributed by atoms with Crippen LogP contribution in [-0.2, 0) is 11.2 Å². The van der Waals surface area contributed by atoms with Crippen LogP contribution in [-0.4, -0.2) is 24.4 Å². The normalized spacial score (nSPS) is 16.3. The summed E-state index contributed by atoms with van der Waals surface area (Å²) in [5.74, 6) is -0.137. The van der Waals surface area contributed by atoms with E-state index in [-0.39, 0.29) is 18.5 Å². The van der Waals surface area contributed by atoms with Crippen molar-refractivity contribution in [2.75, 3.05) is 18.9 Å². The Kier molecular flexibility index (Phi) is 5.36. The molecule has 3 rings (SSSR count). The van der Waals surface area contributed by atoms with Gasteiger partial charge in [-0.2, -0.15) is 0 Å². The number of amides is 1. The van der Waals surface area contributed by atoms with Crippen LogP contribution >= 0.6 is 34.8 Å². The monoisotopic (exact) mass is 382 g/mol. The SMILES string of the molecule is CN(CC(=O)Nc1cc(Cl)c(Cl)cc1Cl)[C@@H]1CCc2ccccc21. The fraction of sp³-hybridized carbons (Fsp3) is 0.278. The summed E-state index contributed by atoms with van der Waals surface area (Å²) in [7, 11) is 1.96. The second kappa shape index (κ2) is 7.32. The third-order valence-corrected chi connectivity index (χ3v) is 5.35. The standard InChI is InChI=1S/C18H17Cl3N2O/c1-23(17-7-6-11-4-2-3-5-12(11)17)10-18(24)22-16-9-14(20)13(19)8-15(16)21/h2-5,8-9,17H,6-7,10H2,1H3,(H,22,24)/t17-/m1/s1. The van der Waals surface area contributed by atoms with Crippen molar-refractivity contribution in [1.82, 2.24) is 4.90 Å². The van der Waals surface area contributed by atoms with Crippen LogP contribution in [0.2, 0.25) is 15.1 Å². The molecule has 0 saturated heterocycles. The summed E-state index contributed by atoms with van der Waals surface area (Å²) in [6, 6.07) is 11.7. The molecule has 0 spiro atoms. The first-order valence-electron chi connectivity index (χ1n) is 7.68. The Morgan fingerprint density at radius 3 is 2.67 bits per heavy atom. The minimum Gasteiger partial charge on any atom is -0.324 e. The predicted octanol–water partition coefficient (Wildman–Crippen LogP) is 5.20. The van der Waals surface area contributed by atoms with E-state index in [0.29, 0.717) is 20.8 Å². The zero-order chi connectivity index (χ0) is 17.3. The van der Waals surface area contributed by atoms with Crippen LogP contribution in [0.4, 0.5) is 5.69 Å². The van der Waals surface area contributed by atoms with Crippen molar-refractivity contribution in [2.45, 2.75) is 18.9 Å². The van der Waals surface area contributed by atoms with Gasteiger partial charge in [-0.3, -0.25) is 9.69 Å². The van der Waals surface area contributed by atoms with Gasteiger partial charge in [-0.05, 0) is 43.1 Å². The minimum atomic E-state index is -0.137. The smallest absolute Gasteiger partial charge is 0.238 e. The Morgan fingerprint density at radius 2 is 1.88 bits per heavy atom. The van der Waals surface area contributed by atoms with Crippen LogP contribution in [0.15, 0.2) is 36.4 Å². The number of hydrogen-bond donors (Lipinski definition) is 1. The first-order valence-corrected chi connectivity index (χ1v) is 8.81. The second-order valence-corrected chi connectivity index (χ2v) is 7.18. The zero-order valence-corrected chi connectivity index (χ0v) is 15.4. The molecule has 24 heavy (non-hydrogen) atoms. The lowest BCUT2D eigenvalue weighted by atomic mass is 10.1. The van der Waals surface area contributed by atoms with Crippen LogP contribution in [0.25, 0.3) is 0 Å². The van der Waals surface area contributed by atoms with Crippen molar-refractivity contribution < 1.29 is 4.79 Å². The number of fused-ring (bicyclic) bond motifs is 1. The molecule has 0 aromatic heterocycles. The van der Waals surface area contributed by atoms with Gasteiger partial charge < -0.3 is 5.32 Å². The molecular formula is C18H17Cl3N2O. The summed E-state index contributed by atoms with van der Waals surface area (Å²) in [5.41, 5.74) is 3.14. The first-order chi connectivity index (χ1) is 11.5. The number of anilines is 1. The molecule has 3 nitrogen and oxygen atoms in total. The Balaban J connectivity index is 1.66. The Labute approximate surface area is 156 Å². The van der Waals surface area contributed by atoms with Crippen molar-refractivity contribution in [3.63, 3.8) is 0 Å². The van der Waals surface area contributed by atoms with E-state index in [0.717, 1.165) is 12.8 Å². The zero-order valence-electron chi connectivity index (χ0n) is 13.2. The minimum absolute atomic E-state index is 0.137. The number of carbonyl (C=O) groups excluding carboxylic acids is 1. The van der Waals surface area contributed by atoms with Gasteiger partial charge in [-0.1, -0.05) is 59.1 Å². The average molecular weight is 384 g/mol. The molecule has 6 heteroatoms.